The van der Waals surface area contributed by atoms with E-state index in [4.69, 9.17) is 0 Å². The maximum Gasteiger partial charge on any atom is 0.339 e. The maximum absolute atomic E-state index is 11.2. The average Bonchev–Trinajstić information content (AvgIpc) is 2.27. The van der Waals surface area contributed by atoms with Gasteiger partial charge in [-0.25, -0.2) is 4.79 Å². The van der Waals surface area contributed by atoms with Crippen molar-refractivity contribution in [1.82, 2.24) is 4.98 Å². The van der Waals surface area contributed by atoms with Crippen molar-refractivity contribution in [2.24, 2.45) is 0 Å². The lowest BCUT2D eigenvalue weighted by molar-refractivity contribution is 0.0600. The number of aromatic hydroxyl groups is 1. The molecule has 1 aromatic carbocycles. The Morgan fingerprint density at radius 1 is 1.40 bits per heavy atom. The monoisotopic (exact) mass is 203 g/mol. The Labute approximate surface area is 86.1 Å². The number of carbonyl (C=O) groups is 1. The molecule has 4 heteroatoms. The molecule has 0 bridgehead atoms. The summed E-state index contributed by atoms with van der Waals surface area (Å²) >= 11 is 0. The highest BCUT2D eigenvalue weighted by atomic mass is 16.5. The highest BCUT2D eigenvalue weighted by molar-refractivity contribution is 5.93. The lowest BCUT2D eigenvalue weighted by Crippen LogP contribution is -2.01. The third kappa shape index (κ3) is 1.74. The van der Waals surface area contributed by atoms with Crippen LogP contribution in [0.3, 0.4) is 0 Å². The highest BCUT2D eigenvalue weighted by Crippen LogP contribution is 2.18. The topological polar surface area (TPSA) is 59.4 Å². The van der Waals surface area contributed by atoms with Crippen molar-refractivity contribution in [3.05, 3.63) is 36.0 Å². The minimum Gasteiger partial charge on any atom is -0.508 e. The zero-order valence-electron chi connectivity index (χ0n) is 8.10. The van der Waals surface area contributed by atoms with Gasteiger partial charge in [-0.15, -0.1) is 0 Å². The molecule has 2 aromatic rings. The van der Waals surface area contributed by atoms with Crippen molar-refractivity contribution in [3.63, 3.8) is 0 Å². The summed E-state index contributed by atoms with van der Waals surface area (Å²) in [5.74, 6) is -0.265. The number of benzene rings is 1. The molecule has 1 heterocycles. The number of nitrogens with zero attached hydrogens (tertiary/aromatic N) is 1. The summed E-state index contributed by atoms with van der Waals surface area (Å²) in [6, 6.07) is 6.46. The molecule has 0 radical (unpaired) electrons. The molecule has 0 amide bonds. The molecule has 4 nitrogen and oxygen atoms in total. The molecule has 0 fully saturated rings. The van der Waals surface area contributed by atoms with Gasteiger partial charge in [-0.1, -0.05) is 0 Å². The summed E-state index contributed by atoms with van der Waals surface area (Å²) < 4.78 is 4.58. The van der Waals surface area contributed by atoms with Gasteiger partial charge in [0.25, 0.3) is 0 Å². The van der Waals surface area contributed by atoms with Gasteiger partial charge in [0, 0.05) is 17.6 Å². The van der Waals surface area contributed by atoms with Crippen LogP contribution in [0.4, 0.5) is 0 Å². The third-order valence-electron chi connectivity index (χ3n) is 2.09. The van der Waals surface area contributed by atoms with E-state index in [2.05, 4.69) is 9.72 Å². The number of aromatic nitrogens is 1. The standard InChI is InChI=1S/C11H9NO3/c1-15-11(14)8-4-7-2-3-9(13)5-10(7)12-6-8/h2-6,13H,1H3. The van der Waals surface area contributed by atoms with Crippen LogP contribution >= 0.6 is 0 Å². The Balaban J connectivity index is 2.57. The first kappa shape index (κ1) is 9.45. The van der Waals surface area contributed by atoms with Crippen LogP contribution in [0.1, 0.15) is 10.4 Å². The largest absolute Gasteiger partial charge is 0.508 e. The minimum atomic E-state index is -0.419. The Morgan fingerprint density at radius 2 is 2.20 bits per heavy atom. The SMILES string of the molecule is COC(=O)c1cnc2cc(O)ccc2c1. The summed E-state index contributed by atoms with van der Waals surface area (Å²) in [6.07, 6.45) is 1.42. The van der Waals surface area contributed by atoms with E-state index in [1.165, 1.54) is 19.4 Å². The van der Waals surface area contributed by atoms with Crippen LogP contribution < -0.4 is 0 Å². The fourth-order valence-electron chi connectivity index (χ4n) is 1.34. The van der Waals surface area contributed by atoms with Gasteiger partial charge in [-0.2, -0.15) is 0 Å². The molecular formula is C11H9NO3. The smallest absolute Gasteiger partial charge is 0.339 e. The van der Waals surface area contributed by atoms with Crippen LogP contribution in [-0.2, 0) is 4.74 Å². The van der Waals surface area contributed by atoms with E-state index in [0.29, 0.717) is 11.1 Å². The molecular weight excluding hydrogens is 194 g/mol. The molecule has 2 rings (SSSR count). The van der Waals surface area contributed by atoms with Crippen LogP contribution in [0.2, 0.25) is 0 Å². The molecule has 0 saturated heterocycles. The Bertz CT molecular complexity index is 522. The van der Waals surface area contributed by atoms with Gasteiger partial charge < -0.3 is 9.84 Å². The molecule has 0 aliphatic carbocycles. The van der Waals surface area contributed by atoms with Crippen LogP contribution in [0.5, 0.6) is 5.75 Å². The van der Waals surface area contributed by atoms with Crippen molar-refractivity contribution in [2.75, 3.05) is 7.11 Å². The number of methoxy groups -OCH3 is 1. The average molecular weight is 203 g/mol. The first-order valence-corrected chi connectivity index (χ1v) is 4.38. The summed E-state index contributed by atoms with van der Waals surface area (Å²) in [5, 5.41) is 10.0. The van der Waals surface area contributed by atoms with Crippen molar-refractivity contribution in [3.8, 4) is 5.75 Å². The van der Waals surface area contributed by atoms with Gasteiger partial charge in [-0.05, 0) is 18.2 Å². The second-order valence-electron chi connectivity index (χ2n) is 3.09. The van der Waals surface area contributed by atoms with E-state index < -0.39 is 5.97 Å². The number of rotatable bonds is 1. The van der Waals surface area contributed by atoms with Crippen molar-refractivity contribution in [2.45, 2.75) is 0 Å². The predicted octanol–water partition coefficient (Wildman–Crippen LogP) is 1.73. The van der Waals surface area contributed by atoms with E-state index >= 15 is 0 Å². The minimum absolute atomic E-state index is 0.154. The molecule has 0 spiro atoms. The molecule has 0 aliphatic heterocycles. The van der Waals surface area contributed by atoms with E-state index in [1.54, 1.807) is 18.2 Å². The Morgan fingerprint density at radius 3 is 2.93 bits per heavy atom. The molecule has 0 saturated carbocycles. The quantitative estimate of drug-likeness (QED) is 0.717. The summed E-state index contributed by atoms with van der Waals surface area (Å²) in [4.78, 5) is 15.3. The first-order chi connectivity index (χ1) is 7.20. The number of phenolic OH excluding ortho intramolecular Hbond substituents is 1. The fraction of sp³-hybridized carbons (Fsp3) is 0.0909. The van der Waals surface area contributed by atoms with Gasteiger partial charge in [0.05, 0.1) is 18.2 Å². The normalized spacial score (nSPS) is 10.2. The summed E-state index contributed by atoms with van der Waals surface area (Å²) in [5.41, 5.74) is 1.04. The highest BCUT2D eigenvalue weighted by Gasteiger charge is 2.06. The van der Waals surface area contributed by atoms with Crippen LogP contribution in [0.25, 0.3) is 10.9 Å². The second kappa shape index (κ2) is 3.57. The van der Waals surface area contributed by atoms with Gasteiger partial charge in [0.15, 0.2) is 0 Å². The Kier molecular flexibility index (Phi) is 2.25. The van der Waals surface area contributed by atoms with Crippen molar-refractivity contribution in [1.29, 1.82) is 0 Å². The van der Waals surface area contributed by atoms with E-state index in [9.17, 15) is 9.90 Å². The number of ether oxygens (including phenoxy) is 1. The van der Waals surface area contributed by atoms with Crippen molar-refractivity contribution < 1.29 is 14.6 Å². The molecule has 1 N–H and O–H groups in total. The van der Waals surface area contributed by atoms with Gasteiger partial charge in [0.2, 0.25) is 0 Å². The number of esters is 1. The van der Waals surface area contributed by atoms with Crippen LogP contribution in [0.15, 0.2) is 30.5 Å². The third-order valence-corrected chi connectivity index (χ3v) is 2.09. The number of fused-ring (bicyclic) bond motifs is 1. The molecule has 0 aliphatic rings. The van der Waals surface area contributed by atoms with E-state index in [0.717, 1.165) is 5.39 Å². The first-order valence-electron chi connectivity index (χ1n) is 4.38. The number of hydrogen-bond acceptors (Lipinski definition) is 4. The molecule has 76 valence electrons. The van der Waals surface area contributed by atoms with Crippen molar-refractivity contribution >= 4 is 16.9 Å². The lowest BCUT2D eigenvalue weighted by Gasteiger charge is -2.01. The molecule has 1 aromatic heterocycles. The Hall–Kier alpha value is -2.10. The van der Waals surface area contributed by atoms with Crippen LogP contribution in [-0.4, -0.2) is 23.2 Å². The van der Waals surface area contributed by atoms with Crippen LogP contribution in [0, 0.1) is 0 Å². The molecule has 0 unspecified atom stereocenters. The van der Waals surface area contributed by atoms with E-state index in [1.807, 2.05) is 0 Å². The maximum atomic E-state index is 11.2. The number of phenols is 1. The second-order valence-corrected chi connectivity index (χ2v) is 3.09. The molecule has 0 atom stereocenters. The zero-order valence-corrected chi connectivity index (χ0v) is 8.10. The lowest BCUT2D eigenvalue weighted by atomic mass is 10.1. The number of pyridine rings is 1. The van der Waals surface area contributed by atoms with E-state index in [-0.39, 0.29) is 5.75 Å². The number of carbonyl (C=O) groups excluding carboxylic acids is 1. The summed E-state index contributed by atoms with van der Waals surface area (Å²) in [6.45, 7) is 0. The zero-order chi connectivity index (χ0) is 10.8. The summed E-state index contributed by atoms with van der Waals surface area (Å²) in [7, 11) is 1.32. The number of hydrogen-bond donors (Lipinski definition) is 1. The molecule has 15 heavy (non-hydrogen) atoms. The van der Waals surface area contributed by atoms with Gasteiger partial charge in [-0.3, -0.25) is 4.98 Å². The predicted molar refractivity (Wildman–Crippen MR) is 54.7 cm³/mol. The van der Waals surface area contributed by atoms with Gasteiger partial charge in [0.1, 0.15) is 5.75 Å². The fourth-order valence-corrected chi connectivity index (χ4v) is 1.34. The van der Waals surface area contributed by atoms with Gasteiger partial charge >= 0.3 is 5.97 Å².